The summed E-state index contributed by atoms with van der Waals surface area (Å²) in [5.74, 6) is 0. The predicted octanol–water partition coefficient (Wildman–Crippen LogP) is 3.56. The van der Waals surface area contributed by atoms with Crippen molar-refractivity contribution < 1.29 is 13.6 Å². The lowest BCUT2D eigenvalue weighted by Crippen LogP contribution is -2.38. The second kappa shape index (κ2) is 7.20. The van der Waals surface area contributed by atoms with Crippen molar-refractivity contribution in [3.63, 3.8) is 0 Å². The molecule has 0 amide bonds. The summed E-state index contributed by atoms with van der Waals surface area (Å²) < 4.78 is 23.3. The average Bonchev–Trinajstić information content (AvgIpc) is 2.38. The highest BCUT2D eigenvalue weighted by molar-refractivity contribution is 7.55. The van der Waals surface area contributed by atoms with Gasteiger partial charge >= 0.3 is 7.60 Å². The number of hydrogen-bond donors (Lipinski definition) is 1. The lowest BCUT2D eigenvalue weighted by atomic mass is 10.1. The van der Waals surface area contributed by atoms with Gasteiger partial charge in [0.25, 0.3) is 0 Å². The van der Waals surface area contributed by atoms with Crippen molar-refractivity contribution in [1.82, 2.24) is 0 Å². The van der Waals surface area contributed by atoms with Crippen molar-refractivity contribution in [3.05, 3.63) is 35.9 Å². The molecular weight excluding hydrogens is 261 g/mol. The third-order valence-corrected chi connectivity index (χ3v) is 5.66. The van der Waals surface area contributed by atoms with E-state index in [0.29, 0.717) is 19.6 Å². The highest BCUT2D eigenvalue weighted by Crippen LogP contribution is 2.58. The Morgan fingerprint density at radius 2 is 1.68 bits per heavy atom. The summed E-state index contributed by atoms with van der Waals surface area (Å²) >= 11 is 0. The molecule has 0 aromatic heterocycles. The SMILES string of the molecule is CCOP(=O)(OCC)[C@](C)(N)CCc1ccccc1. The van der Waals surface area contributed by atoms with Crippen LogP contribution in [0.2, 0.25) is 0 Å². The van der Waals surface area contributed by atoms with Crippen LogP contribution in [0.4, 0.5) is 0 Å². The molecule has 5 heteroatoms. The van der Waals surface area contributed by atoms with E-state index in [-0.39, 0.29) is 0 Å². The molecule has 19 heavy (non-hydrogen) atoms. The molecule has 0 aliphatic rings. The molecule has 1 atom stereocenters. The van der Waals surface area contributed by atoms with Gasteiger partial charge < -0.3 is 14.8 Å². The van der Waals surface area contributed by atoms with Gasteiger partial charge in [-0.2, -0.15) is 0 Å². The molecule has 0 aliphatic heterocycles. The van der Waals surface area contributed by atoms with Crippen molar-refractivity contribution in [3.8, 4) is 0 Å². The topological polar surface area (TPSA) is 61.5 Å². The van der Waals surface area contributed by atoms with Gasteiger partial charge in [0.1, 0.15) is 5.28 Å². The Kier molecular flexibility index (Phi) is 6.21. The Hall–Kier alpha value is -0.670. The maximum absolute atomic E-state index is 12.7. The maximum atomic E-state index is 12.7. The summed E-state index contributed by atoms with van der Waals surface area (Å²) in [4.78, 5) is 0. The minimum atomic E-state index is -3.28. The van der Waals surface area contributed by atoms with Gasteiger partial charge in [-0.15, -0.1) is 0 Å². The Balaban J connectivity index is 2.74. The molecule has 1 rings (SSSR count). The van der Waals surface area contributed by atoms with Crippen molar-refractivity contribution in [2.45, 2.75) is 38.9 Å². The molecule has 0 radical (unpaired) electrons. The maximum Gasteiger partial charge on any atom is 0.350 e. The van der Waals surface area contributed by atoms with Gasteiger partial charge in [-0.3, -0.25) is 4.57 Å². The smallest absolute Gasteiger partial charge is 0.315 e. The van der Waals surface area contributed by atoms with E-state index in [1.165, 1.54) is 5.56 Å². The summed E-state index contributed by atoms with van der Waals surface area (Å²) in [5, 5.41) is -0.977. The van der Waals surface area contributed by atoms with Crippen LogP contribution in [0.1, 0.15) is 32.8 Å². The van der Waals surface area contributed by atoms with E-state index < -0.39 is 12.9 Å². The summed E-state index contributed by atoms with van der Waals surface area (Å²) in [7, 11) is -3.28. The molecular formula is C14H24NO3P. The molecule has 2 N–H and O–H groups in total. The van der Waals surface area contributed by atoms with Crippen LogP contribution in [-0.2, 0) is 20.0 Å². The van der Waals surface area contributed by atoms with Crippen LogP contribution in [0.3, 0.4) is 0 Å². The summed E-state index contributed by atoms with van der Waals surface area (Å²) in [6, 6.07) is 9.99. The van der Waals surface area contributed by atoms with Crippen LogP contribution in [0, 0.1) is 0 Å². The van der Waals surface area contributed by atoms with Crippen molar-refractivity contribution in [1.29, 1.82) is 0 Å². The van der Waals surface area contributed by atoms with Crippen molar-refractivity contribution in [2.24, 2.45) is 5.73 Å². The monoisotopic (exact) mass is 285 g/mol. The number of hydrogen-bond acceptors (Lipinski definition) is 4. The van der Waals surface area contributed by atoms with E-state index in [4.69, 9.17) is 14.8 Å². The van der Waals surface area contributed by atoms with Crippen LogP contribution in [0.25, 0.3) is 0 Å². The van der Waals surface area contributed by atoms with Crippen LogP contribution in [0.5, 0.6) is 0 Å². The van der Waals surface area contributed by atoms with Crippen LogP contribution < -0.4 is 5.73 Å². The van der Waals surface area contributed by atoms with Gasteiger partial charge in [-0.1, -0.05) is 30.3 Å². The fourth-order valence-corrected chi connectivity index (χ4v) is 3.58. The standard InChI is InChI=1S/C14H24NO3P/c1-4-17-19(16,18-5-2)14(3,15)12-11-13-9-7-6-8-10-13/h6-10H,4-5,11-12,15H2,1-3H3/t14-/m0/s1. The van der Waals surface area contributed by atoms with Gasteiger partial charge in [0.2, 0.25) is 0 Å². The van der Waals surface area contributed by atoms with Crippen molar-refractivity contribution in [2.75, 3.05) is 13.2 Å². The number of benzene rings is 1. The average molecular weight is 285 g/mol. The molecule has 0 saturated heterocycles. The molecule has 108 valence electrons. The first-order valence-electron chi connectivity index (χ1n) is 6.67. The van der Waals surface area contributed by atoms with Crippen molar-refractivity contribution >= 4 is 7.60 Å². The fraction of sp³-hybridized carbons (Fsp3) is 0.571. The molecule has 0 heterocycles. The third kappa shape index (κ3) is 4.43. The zero-order chi connectivity index (χ0) is 14.4. The normalized spacial score (nSPS) is 15.2. The zero-order valence-electron chi connectivity index (χ0n) is 12.0. The van der Waals surface area contributed by atoms with Crippen LogP contribution >= 0.6 is 7.60 Å². The second-order valence-corrected chi connectivity index (χ2v) is 7.21. The van der Waals surface area contributed by atoms with Gasteiger partial charge in [-0.05, 0) is 39.2 Å². The van der Waals surface area contributed by atoms with Gasteiger partial charge in [0.05, 0.1) is 13.2 Å². The molecule has 0 fully saturated rings. The number of aryl methyl sites for hydroxylation is 1. The van der Waals surface area contributed by atoms with Gasteiger partial charge in [0.15, 0.2) is 0 Å². The molecule has 0 bridgehead atoms. The highest BCUT2D eigenvalue weighted by Gasteiger charge is 2.43. The first kappa shape index (κ1) is 16.4. The van der Waals surface area contributed by atoms with E-state index in [1.807, 2.05) is 30.3 Å². The van der Waals surface area contributed by atoms with E-state index in [9.17, 15) is 4.57 Å². The van der Waals surface area contributed by atoms with Gasteiger partial charge in [-0.25, -0.2) is 0 Å². The van der Waals surface area contributed by atoms with Crippen LogP contribution in [0.15, 0.2) is 30.3 Å². The molecule has 0 aliphatic carbocycles. The second-order valence-electron chi connectivity index (χ2n) is 4.68. The third-order valence-electron chi connectivity index (χ3n) is 2.99. The summed E-state index contributed by atoms with van der Waals surface area (Å²) in [6.45, 7) is 5.98. The molecule has 0 unspecified atom stereocenters. The summed E-state index contributed by atoms with van der Waals surface area (Å²) in [6.07, 6.45) is 1.30. The number of nitrogens with two attached hydrogens (primary N) is 1. The van der Waals surface area contributed by atoms with E-state index in [1.54, 1.807) is 20.8 Å². The zero-order valence-corrected chi connectivity index (χ0v) is 12.9. The molecule has 1 aromatic rings. The molecule has 0 spiro atoms. The Bertz CT molecular complexity index is 410. The number of rotatable bonds is 8. The quantitative estimate of drug-likeness (QED) is 0.742. The predicted molar refractivity (Wildman–Crippen MR) is 78.2 cm³/mol. The minimum Gasteiger partial charge on any atom is -0.315 e. The minimum absolute atomic E-state index is 0.329. The Morgan fingerprint density at radius 1 is 1.16 bits per heavy atom. The Labute approximate surface area is 115 Å². The largest absolute Gasteiger partial charge is 0.350 e. The first-order valence-corrected chi connectivity index (χ1v) is 8.21. The van der Waals surface area contributed by atoms with E-state index in [2.05, 4.69) is 0 Å². The molecule has 4 nitrogen and oxygen atoms in total. The van der Waals surface area contributed by atoms with Gasteiger partial charge in [0, 0.05) is 0 Å². The fourth-order valence-electron chi connectivity index (χ4n) is 1.85. The Morgan fingerprint density at radius 3 is 2.16 bits per heavy atom. The van der Waals surface area contributed by atoms with E-state index >= 15 is 0 Å². The van der Waals surface area contributed by atoms with Crippen LogP contribution in [-0.4, -0.2) is 18.5 Å². The highest BCUT2D eigenvalue weighted by atomic mass is 31.2. The first-order chi connectivity index (χ1) is 8.95. The lowest BCUT2D eigenvalue weighted by Gasteiger charge is -2.32. The molecule has 0 saturated carbocycles. The molecule has 1 aromatic carbocycles. The lowest BCUT2D eigenvalue weighted by molar-refractivity contribution is 0.196. The summed E-state index contributed by atoms with van der Waals surface area (Å²) in [5.41, 5.74) is 7.37. The van der Waals surface area contributed by atoms with E-state index in [0.717, 1.165) is 6.42 Å².